The molecule has 0 saturated heterocycles. The van der Waals surface area contributed by atoms with Crippen LogP contribution in [0, 0.1) is 6.92 Å². The molecule has 0 fully saturated rings. The van der Waals surface area contributed by atoms with Crippen molar-refractivity contribution >= 4 is 21.8 Å². The van der Waals surface area contributed by atoms with Crippen LogP contribution in [0.25, 0.3) is 0 Å². The summed E-state index contributed by atoms with van der Waals surface area (Å²) in [5.41, 5.74) is 1.27. The van der Waals surface area contributed by atoms with Gasteiger partial charge in [0.1, 0.15) is 0 Å². The molecule has 0 aliphatic carbocycles. The van der Waals surface area contributed by atoms with Gasteiger partial charge in [0.25, 0.3) is 12.3 Å². The van der Waals surface area contributed by atoms with Crippen molar-refractivity contribution in [1.29, 1.82) is 0 Å². The fourth-order valence-electron chi connectivity index (χ4n) is 1.14. The number of hydrogen-bond acceptors (Lipinski definition) is 1. The van der Waals surface area contributed by atoms with E-state index < -0.39 is 18.9 Å². The molecule has 0 unspecified atom stereocenters. The van der Waals surface area contributed by atoms with Crippen LogP contribution in [0.1, 0.15) is 15.9 Å². The van der Waals surface area contributed by atoms with Gasteiger partial charge in [-0.1, -0.05) is 15.9 Å². The van der Waals surface area contributed by atoms with Gasteiger partial charge in [0.2, 0.25) is 0 Å². The molecule has 0 aromatic heterocycles. The third-order valence-electron chi connectivity index (χ3n) is 1.72. The molecule has 2 nitrogen and oxygen atoms in total. The van der Waals surface area contributed by atoms with Crippen LogP contribution in [0.5, 0.6) is 0 Å². The molecular formula is C10H10BrF2NO. The molecule has 0 bridgehead atoms. The van der Waals surface area contributed by atoms with Crippen molar-refractivity contribution in [3.8, 4) is 0 Å². The number of hydrogen-bond donors (Lipinski definition) is 1. The molecule has 0 atom stereocenters. The average Bonchev–Trinajstić information content (AvgIpc) is 2.12. The van der Waals surface area contributed by atoms with Gasteiger partial charge < -0.3 is 5.32 Å². The Morgan fingerprint density at radius 3 is 2.67 bits per heavy atom. The van der Waals surface area contributed by atoms with E-state index in [-0.39, 0.29) is 0 Å². The van der Waals surface area contributed by atoms with Crippen LogP contribution in [0.2, 0.25) is 0 Å². The number of amides is 1. The maximum Gasteiger partial charge on any atom is 0.255 e. The van der Waals surface area contributed by atoms with Crippen molar-refractivity contribution in [3.05, 3.63) is 33.8 Å². The van der Waals surface area contributed by atoms with Crippen molar-refractivity contribution in [1.82, 2.24) is 5.32 Å². The molecule has 1 rings (SSSR count). The molecule has 0 radical (unpaired) electrons. The summed E-state index contributed by atoms with van der Waals surface area (Å²) in [6.45, 7) is 1.21. The van der Waals surface area contributed by atoms with Gasteiger partial charge in [-0.05, 0) is 30.7 Å². The quantitative estimate of drug-likeness (QED) is 0.905. The fourth-order valence-corrected chi connectivity index (χ4v) is 1.75. The summed E-state index contributed by atoms with van der Waals surface area (Å²) < 4.78 is 24.4. The van der Waals surface area contributed by atoms with E-state index in [0.717, 1.165) is 10.0 Å². The summed E-state index contributed by atoms with van der Waals surface area (Å²) in [5.74, 6) is -0.486. The average molecular weight is 278 g/mol. The minimum absolute atomic E-state index is 0.377. The van der Waals surface area contributed by atoms with Gasteiger partial charge in [0, 0.05) is 10.0 Å². The highest BCUT2D eigenvalue weighted by Gasteiger charge is 2.09. The number of halogens is 3. The van der Waals surface area contributed by atoms with Crippen molar-refractivity contribution in [3.63, 3.8) is 0 Å². The van der Waals surface area contributed by atoms with Gasteiger partial charge in [0.15, 0.2) is 0 Å². The number of rotatable bonds is 3. The van der Waals surface area contributed by atoms with E-state index in [1.165, 1.54) is 0 Å². The van der Waals surface area contributed by atoms with Gasteiger partial charge >= 0.3 is 0 Å². The van der Waals surface area contributed by atoms with Crippen LogP contribution in [-0.4, -0.2) is 18.9 Å². The Kier molecular flexibility index (Phi) is 4.20. The zero-order chi connectivity index (χ0) is 11.4. The van der Waals surface area contributed by atoms with Crippen molar-refractivity contribution in [2.24, 2.45) is 0 Å². The van der Waals surface area contributed by atoms with E-state index in [1.54, 1.807) is 12.1 Å². The van der Waals surface area contributed by atoms with E-state index in [9.17, 15) is 13.6 Å². The van der Waals surface area contributed by atoms with Crippen molar-refractivity contribution in [2.75, 3.05) is 6.54 Å². The molecule has 0 saturated carbocycles. The maximum absolute atomic E-state index is 11.8. The zero-order valence-electron chi connectivity index (χ0n) is 8.06. The maximum atomic E-state index is 11.8. The lowest BCUT2D eigenvalue weighted by Gasteiger charge is -2.05. The monoisotopic (exact) mass is 277 g/mol. The lowest BCUT2D eigenvalue weighted by atomic mass is 10.1. The smallest absolute Gasteiger partial charge is 0.255 e. The van der Waals surface area contributed by atoms with Gasteiger partial charge in [0.05, 0.1) is 6.54 Å². The SMILES string of the molecule is Cc1cc(Br)cc(C(=O)NCC(F)F)c1. The number of alkyl halides is 2. The minimum atomic E-state index is -2.53. The molecule has 0 heterocycles. The standard InChI is InChI=1S/C10H10BrF2NO/c1-6-2-7(4-8(11)3-6)10(15)14-5-9(12)13/h2-4,9H,5H2,1H3,(H,14,15). The second-order valence-corrected chi connectivity index (χ2v) is 4.03. The van der Waals surface area contributed by atoms with Crippen LogP contribution >= 0.6 is 15.9 Å². The molecule has 15 heavy (non-hydrogen) atoms. The van der Waals surface area contributed by atoms with E-state index in [2.05, 4.69) is 21.2 Å². The molecule has 5 heteroatoms. The molecule has 1 aromatic carbocycles. The summed E-state index contributed by atoms with van der Waals surface area (Å²) in [6.07, 6.45) is -2.53. The summed E-state index contributed by atoms with van der Waals surface area (Å²) in [7, 11) is 0. The Morgan fingerprint density at radius 1 is 1.47 bits per heavy atom. The highest BCUT2D eigenvalue weighted by atomic mass is 79.9. The number of carbonyl (C=O) groups is 1. The normalized spacial score (nSPS) is 10.5. The fraction of sp³-hybridized carbons (Fsp3) is 0.300. The first-order valence-electron chi connectivity index (χ1n) is 4.32. The first-order chi connectivity index (χ1) is 6.99. The lowest BCUT2D eigenvalue weighted by molar-refractivity contribution is 0.0891. The summed E-state index contributed by atoms with van der Waals surface area (Å²) >= 11 is 3.23. The second kappa shape index (κ2) is 5.21. The van der Waals surface area contributed by atoms with Gasteiger partial charge in [-0.15, -0.1) is 0 Å². The Bertz CT molecular complexity index is 348. The largest absolute Gasteiger partial charge is 0.346 e. The Morgan fingerprint density at radius 2 is 2.13 bits per heavy atom. The van der Waals surface area contributed by atoms with E-state index in [1.807, 2.05) is 13.0 Å². The highest BCUT2D eigenvalue weighted by molar-refractivity contribution is 9.10. The summed E-state index contributed by atoms with van der Waals surface area (Å²) in [4.78, 5) is 11.4. The highest BCUT2D eigenvalue weighted by Crippen LogP contribution is 2.15. The van der Waals surface area contributed by atoms with E-state index in [4.69, 9.17) is 0 Å². The van der Waals surface area contributed by atoms with Crippen LogP contribution in [0.15, 0.2) is 22.7 Å². The Labute approximate surface area is 94.8 Å². The second-order valence-electron chi connectivity index (χ2n) is 3.12. The van der Waals surface area contributed by atoms with Crippen LogP contribution < -0.4 is 5.32 Å². The first-order valence-corrected chi connectivity index (χ1v) is 5.12. The third-order valence-corrected chi connectivity index (χ3v) is 2.18. The summed E-state index contributed by atoms with van der Waals surface area (Å²) in [6, 6.07) is 5.07. The van der Waals surface area contributed by atoms with Gasteiger partial charge in [-0.2, -0.15) is 0 Å². The van der Waals surface area contributed by atoms with E-state index in [0.29, 0.717) is 5.56 Å². The molecule has 0 aliphatic rings. The minimum Gasteiger partial charge on any atom is -0.346 e. The number of aryl methyl sites for hydroxylation is 1. The number of carbonyl (C=O) groups excluding carboxylic acids is 1. The molecule has 0 spiro atoms. The molecule has 82 valence electrons. The predicted molar refractivity (Wildman–Crippen MR) is 57.2 cm³/mol. The Balaban J connectivity index is 2.73. The zero-order valence-corrected chi connectivity index (χ0v) is 9.64. The Hall–Kier alpha value is -0.970. The number of nitrogens with one attached hydrogen (secondary N) is 1. The molecule has 1 aromatic rings. The van der Waals surface area contributed by atoms with Crippen LogP contribution in [-0.2, 0) is 0 Å². The number of benzene rings is 1. The lowest BCUT2D eigenvalue weighted by Crippen LogP contribution is -2.28. The molecule has 0 aliphatic heterocycles. The molecular weight excluding hydrogens is 268 g/mol. The van der Waals surface area contributed by atoms with Gasteiger partial charge in [-0.3, -0.25) is 4.79 Å². The molecule has 1 amide bonds. The van der Waals surface area contributed by atoms with Gasteiger partial charge in [-0.25, -0.2) is 8.78 Å². The first kappa shape index (κ1) is 12.1. The summed E-state index contributed by atoms with van der Waals surface area (Å²) in [5, 5.41) is 2.14. The van der Waals surface area contributed by atoms with Crippen molar-refractivity contribution < 1.29 is 13.6 Å². The van der Waals surface area contributed by atoms with Crippen LogP contribution in [0.3, 0.4) is 0 Å². The topological polar surface area (TPSA) is 29.1 Å². The van der Waals surface area contributed by atoms with E-state index >= 15 is 0 Å². The third kappa shape index (κ3) is 3.95. The van der Waals surface area contributed by atoms with Crippen LogP contribution in [0.4, 0.5) is 8.78 Å². The van der Waals surface area contributed by atoms with Crippen molar-refractivity contribution in [2.45, 2.75) is 13.3 Å². The predicted octanol–water partition coefficient (Wildman–Crippen LogP) is 2.75. The molecule has 1 N–H and O–H groups in total.